The molecule has 88 valence electrons. The van der Waals surface area contributed by atoms with Crippen molar-refractivity contribution in [3.63, 3.8) is 0 Å². The molecule has 0 aromatic carbocycles. The summed E-state index contributed by atoms with van der Waals surface area (Å²) in [5.41, 5.74) is 0. The van der Waals surface area contributed by atoms with Crippen molar-refractivity contribution in [1.82, 2.24) is 9.80 Å². The molecule has 0 saturated carbocycles. The van der Waals surface area contributed by atoms with Crippen LogP contribution < -0.4 is 0 Å². The van der Waals surface area contributed by atoms with Gasteiger partial charge in [-0.25, -0.2) is 0 Å². The second-order valence-electron chi connectivity index (χ2n) is 3.92. The average Bonchev–Trinajstić information content (AvgIpc) is 2.34. The Morgan fingerprint density at radius 1 is 1.06 bits per heavy atom. The summed E-state index contributed by atoms with van der Waals surface area (Å²) in [6, 6.07) is 0. The molecule has 1 unspecified atom stereocenters. The standard InChI is InChI=1S/C11H18N4O/c1-16-11-5-2-3-6-14(9-12)7-4-8-15(11)10-13/h11H,2-8H2,1H3. The topological polar surface area (TPSA) is 63.3 Å². The van der Waals surface area contributed by atoms with Gasteiger partial charge in [-0.05, 0) is 25.7 Å². The molecule has 1 aliphatic heterocycles. The Morgan fingerprint density at radius 3 is 2.44 bits per heavy atom. The Bertz CT molecular complexity index is 281. The Hall–Kier alpha value is -1.46. The number of methoxy groups -OCH3 is 1. The maximum Gasteiger partial charge on any atom is 0.181 e. The molecule has 1 saturated heterocycles. The lowest BCUT2D eigenvalue weighted by Gasteiger charge is -2.28. The van der Waals surface area contributed by atoms with Gasteiger partial charge in [0.25, 0.3) is 0 Å². The smallest absolute Gasteiger partial charge is 0.181 e. The average molecular weight is 222 g/mol. The molecule has 1 atom stereocenters. The van der Waals surface area contributed by atoms with Gasteiger partial charge < -0.3 is 9.64 Å². The summed E-state index contributed by atoms with van der Waals surface area (Å²) in [5.74, 6) is 0. The van der Waals surface area contributed by atoms with E-state index < -0.39 is 0 Å². The maximum absolute atomic E-state index is 9.01. The van der Waals surface area contributed by atoms with E-state index in [2.05, 4.69) is 12.4 Å². The fourth-order valence-corrected chi connectivity index (χ4v) is 1.92. The number of nitrogens with zero attached hydrogens (tertiary/aromatic N) is 4. The van der Waals surface area contributed by atoms with Crippen molar-refractivity contribution in [3.8, 4) is 12.4 Å². The van der Waals surface area contributed by atoms with E-state index in [0.717, 1.165) is 38.8 Å². The highest BCUT2D eigenvalue weighted by atomic mass is 16.5. The molecule has 0 aromatic heterocycles. The lowest BCUT2D eigenvalue weighted by Crippen LogP contribution is -2.36. The van der Waals surface area contributed by atoms with Gasteiger partial charge in [-0.2, -0.15) is 10.5 Å². The van der Waals surface area contributed by atoms with E-state index in [1.807, 2.05) is 0 Å². The fourth-order valence-electron chi connectivity index (χ4n) is 1.92. The minimum absolute atomic E-state index is 0.0985. The van der Waals surface area contributed by atoms with Crippen molar-refractivity contribution >= 4 is 0 Å². The monoisotopic (exact) mass is 222 g/mol. The van der Waals surface area contributed by atoms with Crippen molar-refractivity contribution in [1.29, 1.82) is 10.5 Å². The van der Waals surface area contributed by atoms with E-state index >= 15 is 0 Å². The van der Waals surface area contributed by atoms with Crippen molar-refractivity contribution < 1.29 is 4.74 Å². The van der Waals surface area contributed by atoms with Crippen LogP contribution in [0.2, 0.25) is 0 Å². The maximum atomic E-state index is 9.01. The van der Waals surface area contributed by atoms with E-state index in [0.29, 0.717) is 6.54 Å². The predicted octanol–water partition coefficient (Wildman–Crippen LogP) is 1.10. The summed E-state index contributed by atoms with van der Waals surface area (Å²) in [7, 11) is 1.64. The largest absolute Gasteiger partial charge is 0.361 e. The first-order chi connectivity index (χ1) is 7.81. The molecular formula is C11H18N4O. The Morgan fingerprint density at radius 2 is 1.81 bits per heavy atom. The quantitative estimate of drug-likeness (QED) is 0.622. The molecule has 0 aromatic rings. The third kappa shape index (κ3) is 3.60. The summed E-state index contributed by atoms with van der Waals surface area (Å²) in [4.78, 5) is 3.43. The molecule has 5 heteroatoms. The van der Waals surface area contributed by atoms with Crippen LogP contribution >= 0.6 is 0 Å². The molecule has 0 aliphatic carbocycles. The number of rotatable bonds is 1. The van der Waals surface area contributed by atoms with Crippen molar-refractivity contribution in [2.45, 2.75) is 31.9 Å². The third-order valence-electron chi connectivity index (χ3n) is 2.85. The highest BCUT2D eigenvalue weighted by Crippen LogP contribution is 2.12. The third-order valence-corrected chi connectivity index (χ3v) is 2.85. The van der Waals surface area contributed by atoms with Crippen LogP contribution in [0.15, 0.2) is 0 Å². The Kier molecular flexibility index (Phi) is 5.45. The highest BCUT2D eigenvalue weighted by molar-refractivity contribution is 4.81. The molecule has 5 nitrogen and oxygen atoms in total. The molecule has 0 radical (unpaired) electrons. The van der Waals surface area contributed by atoms with Crippen molar-refractivity contribution in [2.24, 2.45) is 0 Å². The highest BCUT2D eigenvalue weighted by Gasteiger charge is 2.17. The van der Waals surface area contributed by atoms with Crippen LogP contribution in [0.25, 0.3) is 0 Å². The number of nitriles is 2. The first kappa shape index (κ1) is 12.6. The van der Waals surface area contributed by atoms with Gasteiger partial charge in [0.05, 0.1) is 0 Å². The molecule has 0 bridgehead atoms. The fraction of sp³-hybridized carbons (Fsp3) is 0.818. The minimum atomic E-state index is -0.0985. The Labute approximate surface area is 96.8 Å². The first-order valence-corrected chi connectivity index (χ1v) is 5.65. The van der Waals surface area contributed by atoms with Crippen LogP contribution in [-0.4, -0.2) is 42.8 Å². The summed E-state index contributed by atoms with van der Waals surface area (Å²) in [6.45, 7) is 2.21. The van der Waals surface area contributed by atoms with Crippen LogP contribution in [0, 0.1) is 22.9 Å². The van der Waals surface area contributed by atoms with Gasteiger partial charge >= 0.3 is 0 Å². The van der Waals surface area contributed by atoms with Gasteiger partial charge in [0.1, 0.15) is 6.23 Å². The number of hydrogen-bond acceptors (Lipinski definition) is 5. The summed E-state index contributed by atoms with van der Waals surface area (Å²) in [5, 5.41) is 17.9. The lowest BCUT2D eigenvalue weighted by molar-refractivity contribution is -0.0105. The van der Waals surface area contributed by atoms with E-state index in [9.17, 15) is 0 Å². The van der Waals surface area contributed by atoms with Gasteiger partial charge in [0.2, 0.25) is 0 Å². The van der Waals surface area contributed by atoms with E-state index in [4.69, 9.17) is 15.3 Å². The van der Waals surface area contributed by atoms with Crippen LogP contribution in [0.5, 0.6) is 0 Å². The normalized spacial score (nSPS) is 23.3. The SMILES string of the molecule is COC1CCCCN(C#N)CCCN1C#N. The van der Waals surface area contributed by atoms with Crippen molar-refractivity contribution in [2.75, 3.05) is 26.7 Å². The molecule has 1 rings (SSSR count). The van der Waals surface area contributed by atoms with Crippen LogP contribution in [-0.2, 0) is 4.74 Å². The van der Waals surface area contributed by atoms with E-state index in [1.165, 1.54) is 0 Å². The van der Waals surface area contributed by atoms with E-state index in [-0.39, 0.29) is 6.23 Å². The molecule has 0 spiro atoms. The summed E-state index contributed by atoms with van der Waals surface area (Å²) < 4.78 is 5.30. The molecule has 1 aliphatic rings. The minimum Gasteiger partial charge on any atom is -0.361 e. The summed E-state index contributed by atoms with van der Waals surface area (Å²) in [6.07, 6.45) is 7.87. The van der Waals surface area contributed by atoms with Crippen molar-refractivity contribution in [3.05, 3.63) is 0 Å². The second kappa shape index (κ2) is 6.92. The molecule has 1 heterocycles. The molecule has 0 amide bonds. The number of ether oxygens (including phenoxy) is 1. The zero-order valence-electron chi connectivity index (χ0n) is 9.72. The summed E-state index contributed by atoms with van der Waals surface area (Å²) >= 11 is 0. The van der Waals surface area contributed by atoms with Gasteiger partial charge in [0.15, 0.2) is 12.4 Å². The van der Waals surface area contributed by atoms with Gasteiger partial charge in [0, 0.05) is 26.7 Å². The lowest BCUT2D eigenvalue weighted by atomic mass is 10.1. The molecule has 16 heavy (non-hydrogen) atoms. The zero-order valence-corrected chi connectivity index (χ0v) is 9.72. The zero-order chi connectivity index (χ0) is 11.8. The Balaban J connectivity index is 2.54. The van der Waals surface area contributed by atoms with Crippen LogP contribution in [0.4, 0.5) is 0 Å². The van der Waals surface area contributed by atoms with Gasteiger partial charge in [-0.15, -0.1) is 0 Å². The van der Waals surface area contributed by atoms with E-state index in [1.54, 1.807) is 16.9 Å². The molecule has 1 fully saturated rings. The second-order valence-corrected chi connectivity index (χ2v) is 3.92. The van der Waals surface area contributed by atoms with Gasteiger partial charge in [-0.3, -0.25) is 4.90 Å². The molecular weight excluding hydrogens is 204 g/mol. The molecule has 0 N–H and O–H groups in total. The van der Waals surface area contributed by atoms with Crippen LogP contribution in [0.3, 0.4) is 0 Å². The predicted molar refractivity (Wildman–Crippen MR) is 58.8 cm³/mol. The first-order valence-electron chi connectivity index (χ1n) is 5.65. The number of hydrogen-bond donors (Lipinski definition) is 0. The van der Waals surface area contributed by atoms with Gasteiger partial charge in [-0.1, -0.05) is 0 Å². The van der Waals surface area contributed by atoms with Crippen LogP contribution in [0.1, 0.15) is 25.7 Å².